The molecule has 4 heteroatoms. The van der Waals surface area contributed by atoms with Crippen molar-refractivity contribution in [2.75, 3.05) is 5.73 Å². The number of rotatable bonds is 2. The molecular formula is C14H16FN3. The fourth-order valence-electron chi connectivity index (χ4n) is 2.04. The maximum Gasteiger partial charge on any atom is 0.133 e. The first kappa shape index (κ1) is 12.5. The van der Waals surface area contributed by atoms with E-state index < -0.39 is 0 Å². The highest BCUT2D eigenvalue weighted by Gasteiger charge is 2.12. The molecule has 2 N–H and O–H groups in total. The SMILES string of the molecule is CCc1nc(N)cc(-c2c(C)cc(C)cc2F)n1. The Bertz CT molecular complexity index is 571. The first-order valence-electron chi connectivity index (χ1n) is 5.91. The van der Waals surface area contributed by atoms with E-state index in [0.717, 1.165) is 11.1 Å². The third-order valence-corrected chi connectivity index (χ3v) is 2.80. The Morgan fingerprint density at radius 2 is 1.89 bits per heavy atom. The van der Waals surface area contributed by atoms with Crippen LogP contribution in [-0.4, -0.2) is 9.97 Å². The van der Waals surface area contributed by atoms with Crippen LogP contribution in [0.4, 0.5) is 10.2 Å². The molecule has 0 aliphatic rings. The number of halogens is 1. The molecule has 0 bridgehead atoms. The molecule has 1 aromatic heterocycles. The zero-order valence-corrected chi connectivity index (χ0v) is 10.8. The molecule has 0 radical (unpaired) electrons. The molecule has 0 saturated carbocycles. The van der Waals surface area contributed by atoms with E-state index in [-0.39, 0.29) is 5.82 Å². The predicted molar refractivity (Wildman–Crippen MR) is 70.7 cm³/mol. The van der Waals surface area contributed by atoms with Gasteiger partial charge in [-0.05, 0) is 31.0 Å². The lowest BCUT2D eigenvalue weighted by atomic mass is 10.0. The molecule has 0 aliphatic carbocycles. The van der Waals surface area contributed by atoms with E-state index in [2.05, 4.69) is 9.97 Å². The second kappa shape index (κ2) is 4.72. The largest absolute Gasteiger partial charge is 0.384 e. The molecule has 0 spiro atoms. The van der Waals surface area contributed by atoms with Gasteiger partial charge in [-0.25, -0.2) is 14.4 Å². The molecular weight excluding hydrogens is 229 g/mol. The third kappa shape index (κ3) is 2.32. The zero-order chi connectivity index (χ0) is 13.3. The van der Waals surface area contributed by atoms with E-state index in [1.165, 1.54) is 6.07 Å². The van der Waals surface area contributed by atoms with Crippen molar-refractivity contribution in [2.45, 2.75) is 27.2 Å². The average molecular weight is 245 g/mol. The highest BCUT2D eigenvalue weighted by Crippen LogP contribution is 2.27. The first-order valence-corrected chi connectivity index (χ1v) is 5.91. The molecule has 2 rings (SSSR count). The number of anilines is 1. The van der Waals surface area contributed by atoms with E-state index in [1.807, 2.05) is 26.8 Å². The van der Waals surface area contributed by atoms with Gasteiger partial charge in [0.1, 0.15) is 17.5 Å². The van der Waals surface area contributed by atoms with Crippen molar-refractivity contribution in [1.29, 1.82) is 0 Å². The summed E-state index contributed by atoms with van der Waals surface area (Å²) in [6.07, 6.45) is 0.671. The van der Waals surface area contributed by atoms with Crippen molar-refractivity contribution in [1.82, 2.24) is 9.97 Å². The van der Waals surface area contributed by atoms with Crippen LogP contribution in [-0.2, 0) is 6.42 Å². The van der Waals surface area contributed by atoms with Crippen LogP contribution in [0.5, 0.6) is 0 Å². The van der Waals surface area contributed by atoms with Gasteiger partial charge in [-0.1, -0.05) is 13.0 Å². The van der Waals surface area contributed by atoms with Crippen molar-refractivity contribution < 1.29 is 4.39 Å². The summed E-state index contributed by atoms with van der Waals surface area (Å²) in [6, 6.07) is 5.05. The average Bonchev–Trinajstić information content (AvgIpc) is 2.26. The van der Waals surface area contributed by atoms with Gasteiger partial charge >= 0.3 is 0 Å². The number of nitrogen functional groups attached to an aromatic ring is 1. The summed E-state index contributed by atoms with van der Waals surface area (Å²) < 4.78 is 14.1. The molecule has 3 nitrogen and oxygen atoms in total. The highest BCUT2D eigenvalue weighted by atomic mass is 19.1. The molecule has 0 atom stereocenters. The molecule has 0 saturated heterocycles. The third-order valence-electron chi connectivity index (χ3n) is 2.80. The van der Waals surface area contributed by atoms with Gasteiger partial charge in [-0.2, -0.15) is 0 Å². The molecule has 2 aromatic rings. The maximum absolute atomic E-state index is 14.1. The quantitative estimate of drug-likeness (QED) is 0.884. The molecule has 0 amide bonds. The van der Waals surface area contributed by atoms with Gasteiger partial charge in [0.05, 0.1) is 5.69 Å². The molecule has 1 aromatic carbocycles. The second-order valence-corrected chi connectivity index (χ2v) is 4.39. The van der Waals surface area contributed by atoms with Crippen LogP contribution in [0.15, 0.2) is 18.2 Å². The van der Waals surface area contributed by atoms with Crippen molar-refractivity contribution in [3.05, 3.63) is 41.0 Å². The summed E-state index contributed by atoms with van der Waals surface area (Å²) in [7, 11) is 0. The minimum atomic E-state index is -0.271. The van der Waals surface area contributed by atoms with Crippen LogP contribution in [0.3, 0.4) is 0 Å². The number of aryl methyl sites for hydroxylation is 3. The molecule has 1 heterocycles. The lowest BCUT2D eigenvalue weighted by molar-refractivity contribution is 0.628. The summed E-state index contributed by atoms with van der Waals surface area (Å²) in [5.41, 5.74) is 8.53. The van der Waals surface area contributed by atoms with Crippen LogP contribution >= 0.6 is 0 Å². The van der Waals surface area contributed by atoms with Gasteiger partial charge in [0.25, 0.3) is 0 Å². The van der Waals surface area contributed by atoms with E-state index in [4.69, 9.17) is 5.73 Å². The summed E-state index contributed by atoms with van der Waals surface area (Å²) in [5, 5.41) is 0. The van der Waals surface area contributed by atoms with Gasteiger partial charge in [0.15, 0.2) is 0 Å². The Hall–Kier alpha value is -1.97. The first-order chi connectivity index (χ1) is 8.51. The van der Waals surface area contributed by atoms with Gasteiger partial charge in [0, 0.05) is 18.1 Å². The van der Waals surface area contributed by atoms with Crippen LogP contribution in [0.1, 0.15) is 23.9 Å². The molecule has 0 aliphatic heterocycles. The Morgan fingerprint density at radius 1 is 1.17 bits per heavy atom. The summed E-state index contributed by atoms with van der Waals surface area (Å²) >= 11 is 0. The zero-order valence-electron chi connectivity index (χ0n) is 10.8. The van der Waals surface area contributed by atoms with Crippen LogP contribution < -0.4 is 5.73 Å². The van der Waals surface area contributed by atoms with E-state index in [0.29, 0.717) is 29.3 Å². The lowest BCUT2D eigenvalue weighted by Crippen LogP contribution is -2.02. The smallest absolute Gasteiger partial charge is 0.133 e. The van der Waals surface area contributed by atoms with Gasteiger partial charge in [0.2, 0.25) is 0 Å². The highest BCUT2D eigenvalue weighted by molar-refractivity contribution is 5.66. The standard InChI is InChI=1S/C14H16FN3/c1-4-13-17-11(7-12(16)18-13)14-9(3)5-8(2)6-10(14)15/h5-7H,4H2,1-3H3,(H2,16,17,18). The molecule has 0 fully saturated rings. The number of benzene rings is 1. The fraction of sp³-hybridized carbons (Fsp3) is 0.286. The number of hydrogen-bond acceptors (Lipinski definition) is 3. The van der Waals surface area contributed by atoms with E-state index >= 15 is 0 Å². The van der Waals surface area contributed by atoms with Crippen molar-refractivity contribution in [2.24, 2.45) is 0 Å². The van der Waals surface area contributed by atoms with Gasteiger partial charge in [-0.15, -0.1) is 0 Å². The minimum Gasteiger partial charge on any atom is -0.384 e. The monoisotopic (exact) mass is 245 g/mol. The Balaban J connectivity index is 2.65. The summed E-state index contributed by atoms with van der Waals surface area (Å²) in [5.74, 6) is 0.730. The molecule has 94 valence electrons. The second-order valence-electron chi connectivity index (χ2n) is 4.39. The van der Waals surface area contributed by atoms with Crippen molar-refractivity contribution in [3.63, 3.8) is 0 Å². The van der Waals surface area contributed by atoms with E-state index in [9.17, 15) is 4.39 Å². The van der Waals surface area contributed by atoms with Crippen molar-refractivity contribution >= 4 is 5.82 Å². The fourth-order valence-corrected chi connectivity index (χ4v) is 2.04. The van der Waals surface area contributed by atoms with Gasteiger partial charge in [-0.3, -0.25) is 0 Å². The van der Waals surface area contributed by atoms with Crippen LogP contribution in [0.2, 0.25) is 0 Å². The topological polar surface area (TPSA) is 51.8 Å². The Labute approximate surface area is 106 Å². The lowest BCUT2D eigenvalue weighted by Gasteiger charge is -2.10. The number of hydrogen-bond donors (Lipinski definition) is 1. The summed E-state index contributed by atoms with van der Waals surface area (Å²) in [6.45, 7) is 5.68. The van der Waals surface area contributed by atoms with Crippen LogP contribution in [0.25, 0.3) is 11.3 Å². The van der Waals surface area contributed by atoms with Crippen molar-refractivity contribution in [3.8, 4) is 11.3 Å². The molecule has 18 heavy (non-hydrogen) atoms. The normalized spacial score (nSPS) is 10.7. The Kier molecular flexibility index (Phi) is 3.28. The number of nitrogens with zero attached hydrogens (tertiary/aromatic N) is 2. The number of nitrogens with two attached hydrogens (primary N) is 1. The summed E-state index contributed by atoms with van der Waals surface area (Å²) in [4.78, 5) is 8.44. The predicted octanol–water partition coefficient (Wildman–Crippen LogP) is 3.04. The van der Waals surface area contributed by atoms with Gasteiger partial charge < -0.3 is 5.73 Å². The van der Waals surface area contributed by atoms with Crippen LogP contribution in [0, 0.1) is 19.7 Å². The Morgan fingerprint density at radius 3 is 2.50 bits per heavy atom. The maximum atomic E-state index is 14.1. The molecule has 0 unspecified atom stereocenters. The van der Waals surface area contributed by atoms with E-state index in [1.54, 1.807) is 6.07 Å². The number of aromatic nitrogens is 2. The minimum absolute atomic E-state index is 0.271.